The van der Waals surface area contributed by atoms with Gasteiger partial charge in [-0.15, -0.1) is 0 Å². The molecule has 0 radical (unpaired) electrons. The summed E-state index contributed by atoms with van der Waals surface area (Å²) in [6.45, 7) is 0.461. The van der Waals surface area contributed by atoms with Crippen molar-refractivity contribution in [2.45, 2.75) is 12.8 Å². The molecule has 1 saturated carbocycles. The van der Waals surface area contributed by atoms with Gasteiger partial charge in [0.15, 0.2) is 0 Å². The molecular weight excluding hydrogens is 477 g/mol. The van der Waals surface area contributed by atoms with Crippen LogP contribution in [0.3, 0.4) is 0 Å². The molecule has 0 saturated heterocycles. The van der Waals surface area contributed by atoms with E-state index >= 15 is 0 Å². The minimum Gasteiger partial charge on any atom is -0.462 e. The summed E-state index contributed by atoms with van der Waals surface area (Å²) in [5, 5.41) is 3.77. The molecule has 138 valence electrons. The number of anilines is 2. The van der Waals surface area contributed by atoms with Crippen LogP contribution in [0.2, 0.25) is 5.02 Å². The molecule has 1 aliphatic rings. The van der Waals surface area contributed by atoms with E-state index in [4.69, 9.17) is 16.3 Å². The van der Waals surface area contributed by atoms with Gasteiger partial charge in [0.1, 0.15) is 0 Å². The Hall–Kier alpha value is -2.06. The molecule has 0 atom stereocenters. The maximum atomic E-state index is 12.7. The van der Waals surface area contributed by atoms with Crippen molar-refractivity contribution in [1.82, 2.24) is 9.55 Å². The van der Waals surface area contributed by atoms with E-state index < -0.39 is 0 Å². The first kappa shape index (κ1) is 18.3. The quantitative estimate of drug-likeness (QED) is 0.367. The van der Waals surface area contributed by atoms with Gasteiger partial charge in [-0.2, -0.15) is 0 Å². The van der Waals surface area contributed by atoms with Crippen molar-refractivity contribution >= 4 is 51.5 Å². The summed E-state index contributed by atoms with van der Waals surface area (Å²) in [4.78, 5) is 16.7. The molecule has 0 unspecified atom stereocenters. The molecule has 1 aromatic heterocycles. The van der Waals surface area contributed by atoms with Crippen LogP contribution in [-0.2, 0) is 4.74 Å². The van der Waals surface area contributed by atoms with Crippen LogP contribution in [0.5, 0.6) is 0 Å². The van der Waals surface area contributed by atoms with Crippen LogP contribution in [0.15, 0.2) is 55.1 Å². The summed E-state index contributed by atoms with van der Waals surface area (Å²) in [7, 11) is 0. The number of ether oxygens (including phenoxy) is 1. The third-order valence-corrected chi connectivity index (χ3v) is 5.38. The number of benzene rings is 2. The van der Waals surface area contributed by atoms with E-state index in [9.17, 15) is 4.79 Å². The Morgan fingerprint density at radius 3 is 2.74 bits per heavy atom. The lowest BCUT2D eigenvalue weighted by Crippen LogP contribution is -2.11. The van der Waals surface area contributed by atoms with Crippen molar-refractivity contribution < 1.29 is 9.53 Å². The molecular formula is C20H17ClIN3O2. The highest BCUT2D eigenvalue weighted by molar-refractivity contribution is 14.1. The molecule has 1 aliphatic carbocycles. The van der Waals surface area contributed by atoms with Crippen molar-refractivity contribution in [3.63, 3.8) is 0 Å². The smallest absolute Gasteiger partial charge is 0.340 e. The molecule has 27 heavy (non-hydrogen) atoms. The average molecular weight is 494 g/mol. The summed E-state index contributed by atoms with van der Waals surface area (Å²) in [6.07, 6.45) is 7.41. The molecule has 0 bridgehead atoms. The summed E-state index contributed by atoms with van der Waals surface area (Å²) in [5.41, 5.74) is 2.68. The third kappa shape index (κ3) is 4.44. The highest BCUT2D eigenvalue weighted by Crippen LogP contribution is 2.33. The maximum Gasteiger partial charge on any atom is 0.340 e. The van der Waals surface area contributed by atoms with E-state index in [-0.39, 0.29) is 5.97 Å². The van der Waals surface area contributed by atoms with Crippen LogP contribution in [0.25, 0.3) is 5.69 Å². The number of hydrogen-bond acceptors (Lipinski definition) is 4. The molecule has 0 amide bonds. The van der Waals surface area contributed by atoms with E-state index in [1.165, 1.54) is 0 Å². The predicted octanol–water partition coefficient (Wildman–Crippen LogP) is 5.44. The highest BCUT2D eigenvalue weighted by atomic mass is 127. The number of imidazole rings is 1. The largest absolute Gasteiger partial charge is 0.462 e. The Labute approximate surface area is 175 Å². The summed E-state index contributed by atoms with van der Waals surface area (Å²) in [6, 6.07) is 11.4. The molecule has 1 heterocycles. The topological polar surface area (TPSA) is 56.2 Å². The highest BCUT2D eigenvalue weighted by Gasteiger charge is 2.25. The van der Waals surface area contributed by atoms with E-state index in [1.807, 2.05) is 30.3 Å². The van der Waals surface area contributed by atoms with Crippen molar-refractivity contribution in [3.05, 3.63) is 69.3 Å². The molecule has 5 nitrogen and oxygen atoms in total. The van der Waals surface area contributed by atoms with E-state index in [0.717, 1.165) is 27.8 Å². The first-order valence-corrected chi connectivity index (χ1v) is 10.1. The second kappa shape index (κ2) is 7.90. The Morgan fingerprint density at radius 2 is 2.07 bits per heavy atom. The maximum absolute atomic E-state index is 12.7. The number of esters is 1. The zero-order valence-electron chi connectivity index (χ0n) is 14.4. The SMILES string of the molecule is O=C(OCC1CC1)c1cc(Cl)c(-n2ccnc2)cc1Nc1ccc(I)cc1. The van der Waals surface area contributed by atoms with Crippen molar-refractivity contribution in [3.8, 4) is 5.69 Å². The summed E-state index contributed by atoms with van der Waals surface area (Å²) >= 11 is 8.71. The lowest BCUT2D eigenvalue weighted by molar-refractivity contribution is 0.0487. The zero-order valence-corrected chi connectivity index (χ0v) is 17.3. The second-order valence-corrected chi connectivity index (χ2v) is 8.15. The van der Waals surface area contributed by atoms with Gasteiger partial charge in [0.25, 0.3) is 0 Å². The van der Waals surface area contributed by atoms with Crippen LogP contribution in [0, 0.1) is 9.49 Å². The summed E-state index contributed by atoms with van der Waals surface area (Å²) < 4.78 is 8.42. The number of carbonyl (C=O) groups excluding carboxylic acids is 1. The minimum atomic E-state index is -0.367. The number of hydrogen-bond donors (Lipinski definition) is 1. The van der Waals surface area contributed by atoms with Gasteiger partial charge in [0, 0.05) is 21.7 Å². The molecule has 0 spiro atoms. The van der Waals surface area contributed by atoms with Gasteiger partial charge in [0.2, 0.25) is 0 Å². The van der Waals surface area contributed by atoms with Crippen LogP contribution >= 0.6 is 34.2 Å². The summed E-state index contributed by atoms with van der Waals surface area (Å²) in [5.74, 6) is 0.135. The van der Waals surface area contributed by atoms with E-state index in [1.54, 1.807) is 29.4 Å². The number of aromatic nitrogens is 2. The first-order chi connectivity index (χ1) is 13.1. The average Bonchev–Trinajstić information content (AvgIpc) is 3.34. The van der Waals surface area contributed by atoms with Crippen molar-refractivity contribution in [2.75, 3.05) is 11.9 Å². The van der Waals surface area contributed by atoms with Crippen LogP contribution in [-0.4, -0.2) is 22.1 Å². The third-order valence-electron chi connectivity index (χ3n) is 4.36. The lowest BCUT2D eigenvalue weighted by atomic mass is 10.1. The molecule has 1 N–H and O–H groups in total. The Kier molecular flexibility index (Phi) is 5.36. The Balaban J connectivity index is 1.70. The molecule has 3 aromatic rings. The molecule has 0 aliphatic heterocycles. The first-order valence-electron chi connectivity index (χ1n) is 8.62. The number of halogens is 2. The fourth-order valence-electron chi connectivity index (χ4n) is 2.68. The van der Waals surface area contributed by atoms with Crippen LogP contribution < -0.4 is 5.32 Å². The second-order valence-electron chi connectivity index (χ2n) is 6.49. The van der Waals surface area contributed by atoms with E-state index in [0.29, 0.717) is 28.8 Å². The zero-order chi connectivity index (χ0) is 18.8. The fraction of sp³-hybridized carbons (Fsp3) is 0.200. The predicted molar refractivity (Wildman–Crippen MR) is 114 cm³/mol. The number of carbonyl (C=O) groups is 1. The van der Waals surface area contributed by atoms with Gasteiger partial charge in [0.05, 0.1) is 34.9 Å². The van der Waals surface area contributed by atoms with Crippen LogP contribution in [0.4, 0.5) is 11.4 Å². The van der Waals surface area contributed by atoms with Crippen LogP contribution in [0.1, 0.15) is 23.2 Å². The monoisotopic (exact) mass is 493 g/mol. The van der Waals surface area contributed by atoms with Crippen molar-refractivity contribution in [1.29, 1.82) is 0 Å². The van der Waals surface area contributed by atoms with E-state index in [2.05, 4.69) is 32.9 Å². The number of rotatable bonds is 6. The molecule has 2 aromatic carbocycles. The van der Waals surface area contributed by atoms with Crippen molar-refractivity contribution in [2.24, 2.45) is 5.92 Å². The molecule has 7 heteroatoms. The van der Waals surface area contributed by atoms with Gasteiger partial charge in [-0.1, -0.05) is 11.6 Å². The minimum absolute atomic E-state index is 0.367. The van der Waals surface area contributed by atoms with Gasteiger partial charge in [-0.25, -0.2) is 9.78 Å². The fourth-order valence-corrected chi connectivity index (χ4v) is 3.30. The number of nitrogens with one attached hydrogen (secondary N) is 1. The van der Waals surface area contributed by atoms with Gasteiger partial charge in [-0.3, -0.25) is 0 Å². The standard InChI is InChI=1S/C20H17ClIN3O2/c21-17-9-16(20(26)27-11-13-1-2-13)18(10-19(17)25-8-7-23-12-25)24-15-5-3-14(22)4-6-15/h3-10,12-13,24H,1-2,11H2. The molecule has 4 rings (SSSR count). The van der Waals surface area contributed by atoms with Gasteiger partial charge < -0.3 is 14.6 Å². The van der Waals surface area contributed by atoms with Gasteiger partial charge in [-0.05, 0) is 77.7 Å². The Morgan fingerprint density at radius 1 is 1.30 bits per heavy atom. The Bertz CT molecular complexity index is 954. The number of nitrogens with zero attached hydrogens (tertiary/aromatic N) is 2. The van der Waals surface area contributed by atoms with Gasteiger partial charge >= 0.3 is 5.97 Å². The lowest BCUT2D eigenvalue weighted by Gasteiger charge is -2.15. The molecule has 1 fully saturated rings. The normalized spacial score (nSPS) is 13.4.